The second-order valence-corrected chi connectivity index (χ2v) is 9.75. The molecule has 0 radical (unpaired) electrons. The fourth-order valence-electron chi connectivity index (χ4n) is 5.83. The number of anilines is 1. The molecule has 4 heterocycles. The van der Waals surface area contributed by atoms with E-state index in [1.165, 1.54) is 24.8 Å². The molecule has 35 heavy (non-hydrogen) atoms. The minimum Gasteiger partial charge on any atom is -0.352 e. The van der Waals surface area contributed by atoms with Gasteiger partial charge in [-0.1, -0.05) is 49.2 Å². The predicted molar refractivity (Wildman–Crippen MR) is 132 cm³/mol. The molecule has 1 amide bonds. The van der Waals surface area contributed by atoms with Gasteiger partial charge in [0.2, 0.25) is 11.9 Å². The summed E-state index contributed by atoms with van der Waals surface area (Å²) in [6, 6.07) is 14.7. The molecule has 1 saturated carbocycles. The predicted octanol–water partition coefficient (Wildman–Crippen LogP) is 3.00. The third-order valence-electron chi connectivity index (χ3n) is 7.52. The highest BCUT2D eigenvalue weighted by molar-refractivity contribution is 5.75. The maximum Gasteiger partial charge on any atom is 0.243 e. The summed E-state index contributed by atoms with van der Waals surface area (Å²) in [6.45, 7) is 0.508. The summed E-state index contributed by atoms with van der Waals surface area (Å²) >= 11 is 0. The van der Waals surface area contributed by atoms with Gasteiger partial charge in [-0.15, -0.1) is 10.2 Å². The van der Waals surface area contributed by atoms with Crippen LogP contribution in [-0.2, 0) is 17.8 Å². The van der Waals surface area contributed by atoms with E-state index in [0.29, 0.717) is 24.9 Å². The second-order valence-electron chi connectivity index (χ2n) is 9.75. The van der Waals surface area contributed by atoms with Crippen molar-refractivity contribution < 1.29 is 4.79 Å². The largest absolute Gasteiger partial charge is 0.352 e. The van der Waals surface area contributed by atoms with Gasteiger partial charge in [0.15, 0.2) is 0 Å². The molecular weight excluding hydrogens is 440 g/mol. The molecule has 3 aromatic rings. The van der Waals surface area contributed by atoms with Crippen molar-refractivity contribution in [2.24, 2.45) is 5.92 Å². The summed E-state index contributed by atoms with van der Waals surface area (Å²) < 4.78 is 2.36. The molecule has 6 rings (SSSR count). The highest BCUT2D eigenvalue weighted by Gasteiger charge is 2.48. The molecular formula is C26H32N8O. The fraction of sp³-hybridized carbons (Fsp3) is 0.462. The van der Waals surface area contributed by atoms with E-state index >= 15 is 0 Å². The van der Waals surface area contributed by atoms with E-state index in [1.807, 2.05) is 18.2 Å². The zero-order valence-corrected chi connectivity index (χ0v) is 19.8. The van der Waals surface area contributed by atoms with Crippen molar-refractivity contribution >= 4 is 11.9 Å². The zero-order valence-electron chi connectivity index (χ0n) is 19.8. The maximum absolute atomic E-state index is 12.4. The number of fused-ring (bicyclic) bond motifs is 6. The molecule has 1 aliphatic carbocycles. The van der Waals surface area contributed by atoms with Crippen molar-refractivity contribution in [1.29, 1.82) is 0 Å². The molecule has 4 unspecified atom stereocenters. The SMILES string of the molecule is O=C(CCCc1nnc2n1C1CCCCC1C1NC(c3ccccc3)NN21)NCc1cccnc1. The van der Waals surface area contributed by atoms with Crippen LogP contribution in [-0.4, -0.2) is 31.8 Å². The average Bonchev–Trinajstić information content (AvgIpc) is 3.54. The highest BCUT2D eigenvalue weighted by atomic mass is 16.1. The number of rotatable bonds is 7. The normalized spacial score (nSPS) is 25.0. The number of aromatic nitrogens is 4. The third-order valence-corrected chi connectivity index (χ3v) is 7.52. The first kappa shape index (κ1) is 22.2. The molecule has 1 saturated heterocycles. The van der Waals surface area contributed by atoms with Crippen molar-refractivity contribution in [3.05, 3.63) is 71.8 Å². The Morgan fingerprint density at radius 2 is 1.97 bits per heavy atom. The number of carbonyl (C=O) groups excluding carboxylic acids is 1. The number of nitrogens with zero attached hydrogens (tertiary/aromatic N) is 5. The van der Waals surface area contributed by atoms with E-state index in [1.54, 1.807) is 12.4 Å². The topological polar surface area (TPSA) is 100 Å². The van der Waals surface area contributed by atoms with Gasteiger partial charge in [-0.05, 0) is 36.5 Å². The van der Waals surface area contributed by atoms with Gasteiger partial charge in [0.05, 0.1) is 0 Å². The molecule has 9 nitrogen and oxygen atoms in total. The lowest BCUT2D eigenvalue weighted by atomic mass is 9.81. The van der Waals surface area contributed by atoms with Crippen LogP contribution >= 0.6 is 0 Å². The van der Waals surface area contributed by atoms with Gasteiger partial charge < -0.3 is 5.32 Å². The Morgan fingerprint density at radius 1 is 1.09 bits per heavy atom. The minimum atomic E-state index is 0.0546. The molecule has 1 aromatic carbocycles. The number of hydrogen-bond donors (Lipinski definition) is 3. The van der Waals surface area contributed by atoms with Gasteiger partial charge in [0.25, 0.3) is 0 Å². The van der Waals surface area contributed by atoms with Gasteiger partial charge in [0.1, 0.15) is 18.2 Å². The number of amides is 1. The Kier molecular flexibility index (Phi) is 6.18. The van der Waals surface area contributed by atoms with Crippen molar-refractivity contribution in [2.75, 3.05) is 5.01 Å². The first-order valence-electron chi connectivity index (χ1n) is 12.7. The fourth-order valence-corrected chi connectivity index (χ4v) is 5.83. The summed E-state index contributed by atoms with van der Waals surface area (Å²) in [4.78, 5) is 16.5. The summed E-state index contributed by atoms with van der Waals surface area (Å²) in [5.41, 5.74) is 5.87. The molecule has 0 bridgehead atoms. The van der Waals surface area contributed by atoms with Gasteiger partial charge in [-0.25, -0.2) is 5.43 Å². The number of carbonyl (C=O) groups is 1. The van der Waals surface area contributed by atoms with Gasteiger partial charge in [0, 0.05) is 43.7 Å². The van der Waals surface area contributed by atoms with Gasteiger partial charge in [-0.2, -0.15) is 0 Å². The van der Waals surface area contributed by atoms with E-state index in [0.717, 1.165) is 36.6 Å². The molecule has 2 aliphatic heterocycles. The van der Waals surface area contributed by atoms with Crippen molar-refractivity contribution in [1.82, 2.24) is 35.8 Å². The smallest absolute Gasteiger partial charge is 0.243 e. The van der Waals surface area contributed by atoms with E-state index in [2.05, 4.69) is 65.1 Å². The molecule has 9 heteroatoms. The standard InChI is InChI=1S/C26H32N8O/c35-23(28-17-18-8-7-15-27-16-18)14-6-13-22-30-31-26-33(22)21-12-5-4-11-20(21)25-29-24(32-34(25)26)19-9-2-1-3-10-19/h1-3,7-10,15-16,20-21,24-25,29,32H,4-6,11-14,17H2,(H,28,35). The summed E-state index contributed by atoms with van der Waals surface area (Å²) in [5.74, 6) is 2.43. The van der Waals surface area contributed by atoms with E-state index < -0.39 is 0 Å². The van der Waals surface area contributed by atoms with Crippen molar-refractivity contribution in [3.8, 4) is 0 Å². The molecule has 2 aromatic heterocycles. The minimum absolute atomic E-state index is 0.0546. The lowest BCUT2D eigenvalue weighted by Crippen LogP contribution is -2.53. The molecule has 3 N–H and O–H groups in total. The maximum atomic E-state index is 12.4. The monoisotopic (exact) mass is 472 g/mol. The number of hydrogen-bond acceptors (Lipinski definition) is 7. The van der Waals surface area contributed by atoms with Crippen LogP contribution in [0.4, 0.5) is 5.95 Å². The highest BCUT2D eigenvalue weighted by Crippen LogP contribution is 2.45. The Hall–Kier alpha value is -3.30. The molecule has 182 valence electrons. The second kappa shape index (κ2) is 9.75. The van der Waals surface area contributed by atoms with Gasteiger partial charge in [-0.3, -0.25) is 24.7 Å². The van der Waals surface area contributed by atoms with E-state index in [4.69, 9.17) is 0 Å². The molecule has 3 aliphatic rings. The van der Waals surface area contributed by atoms with Gasteiger partial charge >= 0.3 is 0 Å². The van der Waals surface area contributed by atoms with Crippen molar-refractivity contribution in [2.45, 2.75) is 69.9 Å². The molecule has 0 spiro atoms. The van der Waals surface area contributed by atoms with E-state index in [9.17, 15) is 4.79 Å². The summed E-state index contributed by atoms with van der Waals surface area (Å²) in [7, 11) is 0. The lowest BCUT2D eigenvalue weighted by molar-refractivity contribution is -0.121. The number of pyridine rings is 1. The summed E-state index contributed by atoms with van der Waals surface area (Å²) in [5, 5.41) is 18.2. The first-order valence-corrected chi connectivity index (χ1v) is 12.7. The molecule has 2 fully saturated rings. The first-order chi connectivity index (χ1) is 17.3. The Bertz CT molecular complexity index is 1150. The average molecular weight is 473 g/mol. The Labute approximate surface area is 205 Å². The van der Waals surface area contributed by atoms with Crippen LogP contribution < -0.4 is 21.1 Å². The Morgan fingerprint density at radius 3 is 2.83 bits per heavy atom. The zero-order chi connectivity index (χ0) is 23.6. The van der Waals surface area contributed by atoms with Crippen LogP contribution in [0.1, 0.15) is 67.7 Å². The van der Waals surface area contributed by atoms with E-state index in [-0.39, 0.29) is 18.2 Å². The third kappa shape index (κ3) is 4.41. The number of nitrogens with one attached hydrogen (secondary N) is 3. The Balaban J connectivity index is 1.14. The van der Waals surface area contributed by atoms with Crippen LogP contribution in [0.15, 0.2) is 54.9 Å². The molecule has 4 atom stereocenters. The lowest BCUT2D eigenvalue weighted by Gasteiger charge is -2.44. The van der Waals surface area contributed by atoms with Crippen LogP contribution in [0.3, 0.4) is 0 Å². The van der Waals surface area contributed by atoms with Crippen LogP contribution in [0.2, 0.25) is 0 Å². The quantitative estimate of drug-likeness (QED) is 0.486. The number of aryl methyl sites for hydroxylation is 1. The number of hydrazine groups is 1. The van der Waals surface area contributed by atoms with Crippen LogP contribution in [0, 0.1) is 5.92 Å². The summed E-state index contributed by atoms with van der Waals surface area (Å²) in [6.07, 6.45) is 10.6. The van der Waals surface area contributed by atoms with Crippen LogP contribution in [0.5, 0.6) is 0 Å². The van der Waals surface area contributed by atoms with Crippen molar-refractivity contribution in [3.63, 3.8) is 0 Å². The number of benzene rings is 1. The van der Waals surface area contributed by atoms with Crippen LogP contribution in [0.25, 0.3) is 0 Å².